The van der Waals surface area contributed by atoms with Crippen LogP contribution < -0.4 is 10.6 Å². The number of carbonyl (C=O) groups excluding carboxylic acids is 2. The molecule has 140 valence electrons. The molecular weight excluding hydrogens is 395 g/mol. The molecule has 0 spiro atoms. The van der Waals surface area contributed by atoms with E-state index in [1.807, 2.05) is 0 Å². The molecule has 0 saturated heterocycles. The SMILES string of the molecule is CC(C)CSc1nnc(SCC(=O)NCC(=O)Nc2ccc(F)cc2)s1. The summed E-state index contributed by atoms with van der Waals surface area (Å²) in [6.07, 6.45) is 0. The van der Waals surface area contributed by atoms with Crippen LogP contribution in [0.1, 0.15) is 13.8 Å². The fraction of sp³-hybridized carbons (Fsp3) is 0.375. The molecule has 2 rings (SSSR count). The molecule has 1 aromatic carbocycles. The number of halogens is 1. The van der Waals surface area contributed by atoms with E-state index >= 15 is 0 Å². The molecule has 0 aliphatic carbocycles. The summed E-state index contributed by atoms with van der Waals surface area (Å²) in [6, 6.07) is 5.41. The van der Waals surface area contributed by atoms with E-state index in [1.165, 1.54) is 47.4 Å². The number of rotatable bonds is 9. The Kier molecular flexibility index (Phi) is 8.33. The van der Waals surface area contributed by atoms with Gasteiger partial charge in [0.05, 0.1) is 12.3 Å². The highest BCUT2D eigenvalue weighted by Gasteiger charge is 2.10. The molecule has 1 aromatic heterocycles. The largest absolute Gasteiger partial charge is 0.346 e. The number of carbonyl (C=O) groups is 2. The Morgan fingerprint density at radius 3 is 2.42 bits per heavy atom. The highest BCUT2D eigenvalue weighted by atomic mass is 32.2. The van der Waals surface area contributed by atoms with Crippen LogP contribution in [0.5, 0.6) is 0 Å². The molecule has 0 saturated carbocycles. The van der Waals surface area contributed by atoms with E-state index in [0.717, 1.165) is 14.4 Å². The van der Waals surface area contributed by atoms with Crippen molar-refractivity contribution in [1.82, 2.24) is 15.5 Å². The number of hydrogen-bond acceptors (Lipinski definition) is 7. The fourth-order valence-electron chi connectivity index (χ4n) is 1.65. The summed E-state index contributed by atoms with van der Waals surface area (Å²) in [5.41, 5.74) is 0.473. The van der Waals surface area contributed by atoms with E-state index < -0.39 is 0 Å². The number of amides is 2. The maximum Gasteiger partial charge on any atom is 0.243 e. The van der Waals surface area contributed by atoms with Crippen LogP contribution >= 0.6 is 34.9 Å². The maximum absolute atomic E-state index is 12.8. The lowest BCUT2D eigenvalue weighted by Gasteiger charge is -2.06. The Hall–Kier alpha value is -1.65. The van der Waals surface area contributed by atoms with Crippen LogP contribution in [0.15, 0.2) is 32.9 Å². The summed E-state index contributed by atoms with van der Waals surface area (Å²) < 4.78 is 14.4. The molecule has 2 N–H and O–H groups in total. The van der Waals surface area contributed by atoms with E-state index in [4.69, 9.17) is 0 Å². The third-order valence-corrected chi connectivity index (χ3v) is 6.45. The Morgan fingerprint density at radius 1 is 1.12 bits per heavy atom. The first kappa shape index (κ1) is 20.7. The summed E-state index contributed by atoms with van der Waals surface area (Å²) in [6.45, 7) is 4.13. The van der Waals surface area contributed by atoms with Gasteiger partial charge in [-0.1, -0.05) is 48.7 Å². The van der Waals surface area contributed by atoms with Crippen LogP contribution in [0.25, 0.3) is 0 Å². The standard InChI is InChI=1S/C16H19FN4O2S3/c1-10(2)8-24-15-20-21-16(26-15)25-9-14(23)18-7-13(22)19-12-5-3-11(17)4-6-12/h3-6,10H,7-9H2,1-2H3,(H,18,23)(H,19,22). The topological polar surface area (TPSA) is 84.0 Å². The van der Waals surface area contributed by atoms with Gasteiger partial charge in [-0.15, -0.1) is 10.2 Å². The Labute approximate surface area is 163 Å². The molecule has 0 atom stereocenters. The second-order valence-electron chi connectivity index (χ2n) is 5.66. The van der Waals surface area contributed by atoms with Crippen molar-refractivity contribution in [3.05, 3.63) is 30.1 Å². The smallest absolute Gasteiger partial charge is 0.243 e. The van der Waals surface area contributed by atoms with Crippen LogP contribution in [0.2, 0.25) is 0 Å². The van der Waals surface area contributed by atoms with Crippen LogP contribution in [0.4, 0.5) is 10.1 Å². The van der Waals surface area contributed by atoms with Crippen LogP contribution in [-0.4, -0.2) is 40.1 Å². The monoisotopic (exact) mass is 414 g/mol. The van der Waals surface area contributed by atoms with Gasteiger partial charge in [0.25, 0.3) is 0 Å². The minimum atomic E-state index is -0.379. The average Bonchev–Trinajstić information content (AvgIpc) is 3.06. The van der Waals surface area contributed by atoms with Crippen molar-refractivity contribution in [2.75, 3.05) is 23.4 Å². The Bertz CT molecular complexity index is 737. The summed E-state index contributed by atoms with van der Waals surface area (Å²) in [5, 5.41) is 13.2. The lowest BCUT2D eigenvalue weighted by atomic mass is 10.3. The van der Waals surface area contributed by atoms with E-state index in [1.54, 1.807) is 11.8 Å². The molecule has 0 aliphatic heterocycles. The predicted octanol–water partition coefficient (Wildman–Crippen LogP) is 3.27. The van der Waals surface area contributed by atoms with Crippen LogP contribution in [-0.2, 0) is 9.59 Å². The zero-order chi connectivity index (χ0) is 18.9. The van der Waals surface area contributed by atoms with Gasteiger partial charge < -0.3 is 10.6 Å². The number of anilines is 1. The van der Waals surface area contributed by atoms with E-state index in [0.29, 0.717) is 11.6 Å². The van der Waals surface area contributed by atoms with E-state index in [-0.39, 0.29) is 29.9 Å². The van der Waals surface area contributed by atoms with Crippen molar-refractivity contribution in [2.45, 2.75) is 22.5 Å². The van der Waals surface area contributed by atoms with Crippen molar-refractivity contribution in [1.29, 1.82) is 0 Å². The van der Waals surface area contributed by atoms with Gasteiger partial charge in [-0.3, -0.25) is 9.59 Å². The number of hydrogen-bond donors (Lipinski definition) is 2. The lowest BCUT2D eigenvalue weighted by Crippen LogP contribution is -2.33. The van der Waals surface area contributed by atoms with Crippen molar-refractivity contribution >= 4 is 52.4 Å². The molecule has 0 aliphatic rings. The summed E-state index contributed by atoms with van der Waals surface area (Å²) >= 11 is 4.40. The molecule has 2 amide bonds. The normalized spacial score (nSPS) is 10.8. The highest BCUT2D eigenvalue weighted by molar-refractivity contribution is 8.03. The third kappa shape index (κ3) is 7.71. The molecule has 0 radical (unpaired) electrons. The molecule has 0 bridgehead atoms. The summed E-state index contributed by atoms with van der Waals surface area (Å²) in [4.78, 5) is 23.6. The first-order chi connectivity index (χ1) is 12.4. The maximum atomic E-state index is 12.8. The van der Waals surface area contributed by atoms with Crippen molar-refractivity contribution in [3.8, 4) is 0 Å². The van der Waals surface area contributed by atoms with Gasteiger partial charge in [-0.05, 0) is 30.2 Å². The zero-order valence-corrected chi connectivity index (χ0v) is 16.8. The van der Waals surface area contributed by atoms with Gasteiger partial charge in [0, 0.05) is 11.4 Å². The van der Waals surface area contributed by atoms with Gasteiger partial charge in [0.15, 0.2) is 8.68 Å². The Morgan fingerprint density at radius 2 is 1.77 bits per heavy atom. The molecule has 26 heavy (non-hydrogen) atoms. The fourth-order valence-corrected chi connectivity index (χ4v) is 4.47. The summed E-state index contributed by atoms with van der Waals surface area (Å²) in [7, 11) is 0. The third-order valence-electron chi connectivity index (χ3n) is 2.83. The van der Waals surface area contributed by atoms with Gasteiger partial charge in [0.1, 0.15) is 5.82 Å². The van der Waals surface area contributed by atoms with Gasteiger partial charge >= 0.3 is 0 Å². The number of benzene rings is 1. The zero-order valence-electron chi connectivity index (χ0n) is 14.3. The molecular formula is C16H19FN4O2S3. The number of aromatic nitrogens is 2. The number of nitrogens with one attached hydrogen (secondary N) is 2. The van der Waals surface area contributed by atoms with Crippen molar-refractivity contribution < 1.29 is 14.0 Å². The molecule has 0 unspecified atom stereocenters. The lowest BCUT2D eigenvalue weighted by molar-refractivity contribution is -0.122. The molecule has 10 heteroatoms. The van der Waals surface area contributed by atoms with Crippen LogP contribution in [0.3, 0.4) is 0 Å². The quantitative estimate of drug-likeness (QED) is 0.613. The van der Waals surface area contributed by atoms with Gasteiger partial charge in [0.2, 0.25) is 11.8 Å². The molecule has 1 heterocycles. The highest BCUT2D eigenvalue weighted by Crippen LogP contribution is 2.29. The van der Waals surface area contributed by atoms with Gasteiger partial charge in [-0.25, -0.2) is 4.39 Å². The molecule has 2 aromatic rings. The van der Waals surface area contributed by atoms with Crippen molar-refractivity contribution in [3.63, 3.8) is 0 Å². The van der Waals surface area contributed by atoms with Crippen molar-refractivity contribution in [2.24, 2.45) is 5.92 Å². The van der Waals surface area contributed by atoms with E-state index in [9.17, 15) is 14.0 Å². The molecule has 6 nitrogen and oxygen atoms in total. The second-order valence-corrected chi connectivity index (χ2v) is 9.13. The minimum absolute atomic E-state index is 0.150. The average molecular weight is 415 g/mol. The minimum Gasteiger partial charge on any atom is -0.346 e. The molecule has 0 fully saturated rings. The first-order valence-corrected chi connectivity index (χ1v) is 10.6. The number of nitrogens with zero attached hydrogens (tertiary/aromatic N) is 2. The second kappa shape index (κ2) is 10.5. The first-order valence-electron chi connectivity index (χ1n) is 7.83. The summed E-state index contributed by atoms with van der Waals surface area (Å²) in [5.74, 6) is 0.688. The van der Waals surface area contributed by atoms with Crippen LogP contribution in [0, 0.1) is 11.7 Å². The van der Waals surface area contributed by atoms with Gasteiger partial charge in [-0.2, -0.15) is 0 Å². The van der Waals surface area contributed by atoms with E-state index in [2.05, 4.69) is 34.7 Å². The Balaban J connectivity index is 1.67. The predicted molar refractivity (Wildman–Crippen MR) is 104 cm³/mol. The number of thioether (sulfide) groups is 2.